The second kappa shape index (κ2) is 4.62. The number of hydrogen-bond acceptors (Lipinski definition) is 6. The van der Waals surface area contributed by atoms with Gasteiger partial charge in [0.25, 0.3) is 0 Å². The largest absolute Gasteiger partial charge is 0.338 e. The Morgan fingerprint density at radius 3 is 2.83 bits per heavy atom. The second-order valence-electron chi connectivity index (χ2n) is 5.60. The van der Waals surface area contributed by atoms with Crippen molar-refractivity contribution in [3.8, 4) is 0 Å². The van der Waals surface area contributed by atoms with Crippen LogP contribution in [0.4, 0.5) is 0 Å². The molecule has 0 radical (unpaired) electrons. The normalized spacial score (nSPS) is 24.1. The quantitative estimate of drug-likeness (QED) is 0.886. The van der Waals surface area contributed by atoms with E-state index in [2.05, 4.69) is 29.3 Å². The second-order valence-corrected chi connectivity index (χ2v) is 7.74. The molecule has 0 saturated carbocycles. The van der Waals surface area contributed by atoms with Gasteiger partial charge in [0, 0.05) is 6.26 Å². The zero-order valence-electron chi connectivity index (χ0n) is 10.9. The molecule has 1 fully saturated rings. The SMILES string of the molecule is CC1(C)CCCNC1c1nc(CS(C)(=O)=O)no1. The van der Waals surface area contributed by atoms with E-state index in [1.54, 1.807) is 0 Å². The van der Waals surface area contributed by atoms with E-state index in [1.165, 1.54) is 0 Å². The standard InChI is InChI=1S/C11H19N3O3S/c1-11(2)5-4-6-12-9(11)10-13-8(14-17-10)7-18(3,15)16/h9,12H,4-7H2,1-3H3. The molecule has 1 aromatic heterocycles. The molecular formula is C11H19N3O3S. The molecule has 1 unspecified atom stereocenters. The summed E-state index contributed by atoms with van der Waals surface area (Å²) >= 11 is 0. The van der Waals surface area contributed by atoms with Crippen LogP contribution in [0.5, 0.6) is 0 Å². The van der Waals surface area contributed by atoms with Crippen LogP contribution >= 0.6 is 0 Å². The molecule has 0 aliphatic carbocycles. The lowest BCUT2D eigenvalue weighted by Gasteiger charge is -2.36. The molecule has 0 aromatic carbocycles. The van der Waals surface area contributed by atoms with Gasteiger partial charge < -0.3 is 9.84 Å². The number of nitrogens with zero attached hydrogens (tertiary/aromatic N) is 2. The van der Waals surface area contributed by atoms with E-state index in [1.807, 2.05) is 0 Å². The number of piperidine rings is 1. The van der Waals surface area contributed by atoms with Crippen molar-refractivity contribution < 1.29 is 12.9 Å². The van der Waals surface area contributed by atoms with Crippen LogP contribution in [0, 0.1) is 5.41 Å². The van der Waals surface area contributed by atoms with Crippen LogP contribution in [-0.4, -0.2) is 31.4 Å². The molecule has 102 valence electrons. The summed E-state index contributed by atoms with van der Waals surface area (Å²) in [6, 6.07) is -0.00735. The molecule has 1 aliphatic heterocycles. The monoisotopic (exact) mass is 273 g/mol. The summed E-state index contributed by atoms with van der Waals surface area (Å²) in [6.45, 7) is 5.20. The first kappa shape index (κ1) is 13.5. The van der Waals surface area contributed by atoms with Crippen molar-refractivity contribution in [2.24, 2.45) is 5.41 Å². The van der Waals surface area contributed by atoms with Crippen molar-refractivity contribution >= 4 is 9.84 Å². The fraction of sp³-hybridized carbons (Fsp3) is 0.818. The summed E-state index contributed by atoms with van der Waals surface area (Å²) < 4.78 is 27.6. The summed E-state index contributed by atoms with van der Waals surface area (Å²) in [5, 5.41) is 7.09. The predicted molar refractivity (Wildman–Crippen MR) is 66.6 cm³/mol. The van der Waals surface area contributed by atoms with Crippen molar-refractivity contribution in [3.05, 3.63) is 11.7 Å². The average molecular weight is 273 g/mol. The van der Waals surface area contributed by atoms with Gasteiger partial charge in [-0.25, -0.2) is 8.42 Å². The molecule has 1 N–H and O–H groups in total. The maximum Gasteiger partial charge on any atom is 0.244 e. The zero-order chi connectivity index (χ0) is 13.4. The number of hydrogen-bond donors (Lipinski definition) is 1. The third kappa shape index (κ3) is 3.08. The van der Waals surface area contributed by atoms with Crippen molar-refractivity contribution in [3.63, 3.8) is 0 Å². The Morgan fingerprint density at radius 2 is 2.22 bits per heavy atom. The lowest BCUT2D eigenvalue weighted by molar-refractivity contribution is 0.146. The van der Waals surface area contributed by atoms with Crippen LogP contribution in [0.15, 0.2) is 4.52 Å². The molecule has 6 nitrogen and oxygen atoms in total. The summed E-state index contributed by atoms with van der Waals surface area (Å²) in [6.07, 6.45) is 3.36. The Balaban J connectivity index is 2.19. The fourth-order valence-corrected chi connectivity index (χ4v) is 2.90. The highest BCUT2D eigenvalue weighted by atomic mass is 32.2. The maximum absolute atomic E-state index is 11.2. The summed E-state index contributed by atoms with van der Waals surface area (Å²) in [7, 11) is -3.13. The fourth-order valence-electron chi connectivity index (χ4n) is 2.31. The molecule has 0 amide bonds. The van der Waals surface area contributed by atoms with E-state index >= 15 is 0 Å². The van der Waals surface area contributed by atoms with Crippen LogP contribution in [0.3, 0.4) is 0 Å². The zero-order valence-corrected chi connectivity index (χ0v) is 11.7. The highest BCUT2D eigenvalue weighted by molar-refractivity contribution is 7.89. The Bertz CT molecular complexity index is 521. The highest BCUT2D eigenvalue weighted by Crippen LogP contribution is 2.39. The minimum absolute atomic E-state index is 0.00735. The molecule has 1 aliphatic rings. The van der Waals surface area contributed by atoms with Crippen LogP contribution in [-0.2, 0) is 15.6 Å². The van der Waals surface area contributed by atoms with Gasteiger partial charge in [0.2, 0.25) is 5.89 Å². The molecule has 1 atom stereocenters. The van der Waals surface area contributed by atoms with Gasteiger partial charge >= 0.3 is 0 Å². The van der Waals surface area contributed by atoms with Crippen molar-refractivity contribution in [1.29, 1.82) is 0 Å². The third-order valence-electron chi connectivity index (χ3n) is 3.25. The van der Waals surface area contributed by atoms with Crippen LogP contribution in [0.2, 0.25) is 0 Å². The Kier molecular flexibility index (Phi) is 3.46. The molecule has 2 rings (SSSR count). The number of aromatic nitrogens is 2. The first-order valence-corrected chi connectivity index (χ1v) is 8.07. The van der Waals surface area contributed by atoms with Gasteiger partial charge in [0.1, 0.15) is 5.75 Å². The van der Waals surface area contributed by atoms with Crippen molar-refractivity contribution in [2.75, 3.05) is 12.8 Å². The van der Waals surface area contributed by atoms with Gasteiger partial charge in [0.15, 0.2) is 15.7 Å². The number of rotatable bonds is 3. The highest BCUT2D eigenvalue weighted by Gasteiger charge is 2.37. The van der Waals surface area contributed by atoms with Crippen molar-refractivity contribution in [2.45, 2.75) is 38.5 Å². The van der Waals surface area contributed by atoms with Gasteiger partial charge in [-0.05, 0) is 24.8 Å². The van der Waals surface area contributed by atoms with Gasteiger partial charge in [-0.3, -0.25) is 0 Å². The minimum Gasteiger partial charge on any atom is -0.338 e. The van der Waals surface area contributed by atoms with E-state index in [0.717, 1.165) is 25.6 Å². The molecule has 2 heterocycles. The molecular weight excluding hydrogens is 254 g/mol. The molecule has 18 heavy (non-hydrogen) atoms. The van der Waals surface area contributed by atoms with Gasteiger partial charge in [0.05, 0.1) is 6.04 Å². The summed E-state index contributed by atoms with van der Waals surface area (Å²) in [5.74, 6) is 0.540. The Labute approximate surface area is 107 Å². The van der Waals surface area contributed by atoms with Crippen LogP contribution < -0.4 is 5.32 Å². The molecule has 0 spiro atoms. The predicted octanol–water partition coefficient (Wildman–Crippen LogP) is 1.06. The van der Waals surface area contributed by atoms with Gasteiger partial charge in [-0.15, -0.1) is 0 Å². The Morgan fingerprint density at radius 1 is 1.50 bits per heavy atom. The van der Waals surface area contributed by atoms with E-state index in [4.69, 9.17) is 4.52 Å². The number of nitrogens with one attached hydrogen (secondary N) is 1. The topological polar surface area (TPSA) is 85.1 Å². The van der Waals surface area contributed by atoms with Crippen LogP contribution in [0.1, 0.15) is 44.4 Å². The first-order chi connectivity index (χ1) is 8.28. The lowest BCUT2D eigenvalue weighted by atomic mass is 9.77. The molecule has 1 saturated heterocycles. The van der Waals surface area contributed by atoms with E-state index in [0.29, 0.717) is 5.89 Å². The Hall–Kier alpha value is -0.950. The summed E-state index contributed by atoms with van der Waals surface area (Å²) in [4.78, 5) is 4.20. The van der Waals surface area contributed by atoms with Gasteiger partial charge in [-0.2, -0.15) is 4.98 Å². The minimum atomic E-state index is -3.13. The smallest absolute Gasteiger partial charge is 0.244 e. The molecule has 1 aromatic rings. The van der Waals surface area contributed by atoms with E-state index in [-0.39, 0.29) is 23.0 Å². The van der Waals surface area contributed by atoms with Crippen LogP contribution in [0.25, 0.3) is 0 Å². The first-order valence-electron chi connectivity index (χ1n) is 6.01. The molecule has 0 bridgehead atoms. The lowest BCUT2D eigenvalue weighted by Crippen LogP contribution is -2.39. The molecule has 7 heteroatoms. The van der Waals surface area contributed by atoms with Gasteiger partial charge in [-0.1, -0.05) is 19.0 Å². The third-order valence-corrected chi connectivity index (χ3v) is 4.03. The van der Waals surface area contributed by atoms with E-state index in [9.17, 15) is 8.42 Å². The number of sulfone groups is 1. The maximum atomic E-state index is 11.2. The average Bonchev–Trinajstić information content (AvgIpc) is 2.62. The summed E-state index contributed by atoms with van der Waals surface area (Å²) in [5.41, 5.74) is 0.0349. The van der Waals surface area contributed by atoms with E-state index < -0.39 is 9.84 Å². The van der Waals surface area contributed by atoms with Crippen molar-refractivity contribution in [1.82, 2.24) is 15.5 Å².